The van der Waals surface area contributed by atoms with Crippen molar-refractivity contribution in [1.82, 2.24) is 9.71 Å². The summed E-state index contributed by atoms with van der Waals surface area (Å²) in [5.41, 5.74) is -1.05. The van der Waals surface area contributed by atoms with E-state index in [0.29, 0.717) is 18.8 Å². The summed E-state index contributed by atoms with van der Waals surface area (Å²) in [4.78, 5) is 5.23. The lowest BCUT2D eigenvalue weighted by Gasteiger charge is -2.35. The highest BCUT2D eigenvalue weighted by Gasteiger charge is 2.38. The van der Waals surface area contributed by atoms with Gasteiger partial charge >= 0.3 is 6.18 Å². The summed E-state index contributed by atoms with van der Waals surface area (Å²) in [7, 11) is -3.97. The number of hydrogen-bond donors (Lipinski definition) is 1. The molecule has 1 N–H and O–H groups in total. The van der Waals surface area contributed by atoms with Crippen molar-refractivity contribution >= 4 is 15.8 Å². The Morgan fingerprint density at radius 2 is 2.10 bits per heavy atom. The van der Waals surface area contributed by atoms with Gasteiger partial charge in [-0.1, -0.05) is 0 Å². The lowest BCUT2D eigenvalue weighted by Crippen LogP contribution is -2.44. The van der Waals surface area contributed by atoms with E-state index in [4.69, 9.17) is 0 Å². The first-order chi connectivity index (χ1) is 9.79. The van der Waals surface area contributed by atoms with Crippen LogP contribution in [0.5, 0.6) is 0 Å². The number of nitrogens with zero attached hydrogens (tertiary/aromatic N) is 2. The van der Waals surface area contributed by atoms with Crippen molar-refractivity contribution in [1.29, 1.82) is 0 Å². The minimum absolute atomic E-state index is 0.0565. The van der Waals surface area contributed by atoms with Crippen LogP contribution in [0, 0.1) is 0 Å². The van der Waals surface area contributed by atoms with Gasteiger partial charge < -0.3 is 4.90 Å². The number of anilines is 1. The van der Waals surface area contributed by atoms with Crippen LogP contribution in [0.2, 0.25) is 0 Å². The average Bonchev–Trinajstić information content (AvgIpc) is 2.54. The third-order valence-electron chi connectivity index (χ3n) is 3.86. The molecule has 1 atom stereocenters. The van der Waals surface area contributed by atoms with Gasteiger partial charge in [0.05, 0.1) is 5.56 Å². The molecule has 1 fully saturated rings. The second-order valence-corrected chi connectivity index (χ2v) is 6.97. The molecule has 1 saturated heterocycles. The number of fused-ring (bicyclic) bond motifs is 3. The van der Waals surface area contributed by atoms with Crippen molar-refractivity contribution in [2.24, 2.45) is 0 Å². The van der Waals surface area contributed by atoms with Gasteiger partial charge in [0, 0.05) is 25.3 Å². The Bertz CT molecular complexity index is 660. The Hall–Kier alpha value is -1.35. The molecular weight excluding hydrogens is 307 g/mol. The van der Waals surface area contributed by atoms with Gasteiger partial charge in [0.25, 0.3) is 0 Å². The summed E-state index contributed by atoms with van der Waals surface area (Å²) >= 11 is 0. The van der Waals surface area contributed by atoms with Crippen molar-refractivity contribution < 1.29 is 21.6 Å². The second kappa shape index (κ2) is 4.84. The topological polar surface area (TPSA) is 62.3 Å². The molecule has 0 bridgehead atoms. The van der Waals surface area contributed by atoms with Gasteiger partial charge in [-0.25, -0.2) is 18.1 Å². The molecule has 2 aliphatic rings. The molecule has 2 aliphatic heterocycles. The number of aromatic nitrogens is 1. The predicted octanol–water partition coefficient (Wildman–Crippen LogP) is 1.75. The fourth-order valence-corrected chi connectivity index (χ4v) is 4.04. The Balaban J connectivity index is 2.16. The van der Waals surface area contributed by atoms with Crippen LogP contribution >= 0.6 is 0 Å². The summed E-state index contributed by atoms with van der Waals surface area (Å²) in [6.07, 6.45) is -1.28. The zero-order valence-corrected chi connectivity index (χ0v) is 11.8. The highest BCUT2D eigenvalue weighted by Crippen LogP contribution is 2.36. The maximum absolute atomic E-state index is 12.8. The normalized spacial score (nSPS) is 24.9. The molecule has 21 heavy (non-hydrogen) atoms. The molecule has 0 aromatic carbocycles. The van der Waals surface area contributed by atoms with Crippen LogP contribution in [0.25, 0.3) is 0 Å². The van der Waals surface area contributed by atoms with Gasteiger partial charge in [0.2, 0.25) is 10.0 Å². The molecule has 116 valence electrons. The summed E-state index contributed by atoms with van der Waals surface area (Å²) in [6.45, 7) is 0.799. The van der Waals surface area contributed by atoms with E-state index in [2.05, 4.69) is 9.71 Å². The van der Waals surface area contributed by atoms with Crippen LogP contribution in [-0.2, 0) is 16.2 Å². The maximum Gasteiger partial charge on any atom is 0.417 e. The third-order valence-corrected chi connectivity index (χ3v) is 5.28. The quantitative estimate of drug-likeness (QED) is 0.791. The number of piperidine rings is 1. The van der Waals surface area contributed by atoms with Gasteiger partial charge in [-0.2, -0.15) is 13.2 Å². The van der Waals surface area contributed by atoms with Gasteiger partial charge in [0.1, 0.15) is 10.7 Å². The van der Waals surface area contributed by atoms with E-state index in [-0.39, 0.29) is 23.3 Å². The molecule has 0 saturated carbocycles. The minimum Gasteiger partial charge on any atom is -0.351 e. The van der Waals surface area contributed by atoms with E-state index in [1.54, 1.807) is 4.90 Å². The largest absolute Gasteiger partial charge is 0.417 e. The molecule has 0 amide bonds. The predicted molar refractivity (Wildman–Crippen MR) is 69.4 cm³/mol. The number of pyridine rings is 1. The molecule has 1 aromatic heterocycles. The average molecular weight is 321 g/mol. The van der Waals surface area contributed by atoms with E-state index in [1.165, 1.54) is 0 Å². The van der Waals surface area contributed by atoms with Crippen LogP contribution in [0.1, 0.15) is 24.8 Å². The van der Waals surface area contributed by atoms with Gasteiger partial charge in [-0.05, 0) is 25.3 Å². The number of hydrogen-bond acceptors (Lipinski definition) is 4. The Morgan fingerprint density at radius 3 is 2.81 bits per heavy atom. The van der Waals surface area contributed by atoms with Gasteiger partial charge in [-0.3, -0.25) is 0 Å². The van der Waals surface area contributed by atoms with Crippen molar-refractivity contribution in [3.63, 3.8) is 0 Å². The van der Waals surface area contributed by atoms with Crippen molar-refractivity contribution in [3.8, 4) is 0 Å². The molecule has 0 radical (unpaired) electrons. The summed E-state index contributed by atoms with van der Waals surface area (Å²) in [5, 5.41) is 0. The van der Waals surface area contributed by atoms with Crippen LogP contribution in [0.15, 0.2) is 17.2 Å². The fourth-order valence-electron chi connectivity index (χ4n) is 2.78. The van der Waals surface area contributed by atoms with E-state index in [0.717, 1.165) is 19.3 Å². The van der Waals surface area contributed by atoms with E-state index in [9.17, 15) is 21.6 Å². The summed E-state index contributed by atoms with van der Waals surface area (Å²) < 4.78 is 65.0. The molecule has 3 heterocycles. The molecule has 0 spiro atoms. The highest BCUT2D eigenvalue weighted by atomic mass is 32.2. The molecular formula is C12H14F3N3O2S. The van der Waals surface area contributed by atoms with Crippen LogP contribution in [-0.4, -0.2) is 32.5 Å². The van der Waals surface area contributed by atoms with Gasteiger partial charge in [-0.15, -0.1) is 0 Å². The minimum atomic E-state index is -4.62. The lowest BCUT2D eigenvalue weighted by atomic mass is 10.0. The van der Waals surface area contributed by atoms with Crippen LogP contribution in [0.4, 0.5) is 19.0 Å². The fraction of sp³-hybridized carbons (Fsp3) is 0.583. The Labute approximate surface area is 120 Å². The molecule has 5 nitrogen and oxygen atoms in total. The zero-order valence-electron chi connectivity index (χ0n) is 11.0. The first kappa shape index (κ1) is 14.6. The molecule has 0 aliphatic carbocycles. The number of rotatable bonds is 0. The standard InChI is InChI=1S/C12H14F3N3O2S/c13-12(14,15)8-5-10-11(16-6-8)18-4-2-1-3-9(18)7-17-21(10,19)20/h5-6,9,17H,1-4,7H2/t9-/m1/s1. The highest BCUT2D eigenvalue weighted by molar-refractivity contribution is 7.89. The van der Waals surface area contributed by atoms with E-state index in [1.807, 2.05) is 0 Å². The molecule has 0 unspecified atom stereocenters. The first-order valence-corrected chi connectivity index (χ1v) is 8.11. The number of nitrogens with one attached hydrogen (secondary N) is 1. The molecule has 9 heteroatoms. The molecule has 3 rings (SSSR count). The Kier molecular flexibility index (Phi) is 3.36. The van der Waals surface area contributed by atoms with Crippen molar-refractivity contribution in [2.75, 3.05) is 18.0 Å². The number of halogens is 3. The van der Waals surface area contributed by atoms with E-state index < -0.39 is 21.8 Å². The van der Waals surface area contributed by atoms with E-state index >= 15 is 0 Å². The maximum atomic E-state index is 12.8. The van der Waals surface area contributed by atoms with Crippen LogP contribution in [0.3, 0.4) is 0 Å². The molecule has 1 aromatic rings. The van der Waals surface area contributed by atoms with Crippen molar-refractivity contribution in [2.45, 2.75) is 36.4 Å². The number of sulfonamides is 1. The monoisotopic (exact) mass is 321 g/mol. The third kappa shape index (κ3) is 2.59. The van der Waals surface area contributed by atoms with Crippen LogP contribution < -0.4 is 9.62 Å². The summed E-state index contributed by atoms with van der Waals surface area (Å²) in [5.74, 6) is 0.123. The first-order valence-electron chi connectivity index (χ1n) is 6.62. The second-order valence-electron chi connectivity index (χ2n) is 5.24. The number of alkyl halides is 3. The smallest absolute Gasteiger partial charge is 0.351 e. The SMILES string of the molecule is O=S1(=O)NC[C@H]2CCCCN2c2ncc(C(F)(F)F)cc21. The zero-order chi connectivity index (χ0) is 15.3. The lowest BCUT2D eigenvalue weighted by molar-refractivity contribution is -0.138. The Morgan fingerprint density at radius 1 is 1.33 bits per heavy atom. The summed E-state index contributed by atoms with van der Waals surface area (Å²) in [6, 6.07) is 0.612. The van der Waals surface area contributed by atoms with Crippen molar-refractivity contribution in [3.05, 3.63) is 17.8 Å². The van der Waals surface area contributed by atoms with Gasteiger partial charge in [0.15, 0.2) is 0 Å².